The van der Waals surface area contributed by atoms with E-state index >= 15 is 0 Å². The SMILES string of the molecule is CCOC(=O)C1CCCN(C(=O)C(C)Sc2nnc3c4ccccc4n(Cc4ccccc4)c3n2)C1. The Balaban J connectivity index is 1.38. The maximum absolute atomic E-state index is 13.2. The molecule has 4 aromatic rings. The van der Waals surface area contributed by atoms with Gasteiger partial charge in [-0.2, -0.15) is 0 Å². The lowest BCUT2D eigenvalue weighted by Crippen LogP contribution is -2.45. The fraction of sp³-hybridized carbons (Fsp3) is 0.370. The quantitative estimate of drug-likeness (QED) is 0.274. The van der Waals surface area contributed by atoms with Gasteiger partial charge < -0.3 is 14.2 Å². The third-order valence-corrected chi connectivity index (χ3v) is 7.46. The van der Waals surface area contributed by atoms with Crippen molar-refractivity contribution in [2.75, 3.05) is 19.7 Å². The summed E-state index contributed by atoms with van der Waals surface area (Å²) in [4.78, 5) is 32.0. The molecule has 0 saturated carbocycles. The number of amides is 1. The Hall–Kier alpha value is -3.46. The molecular formula is C27H29N5O3S. The van der Waals surface area contributed by atoms with Gasteiger partial charge in [-0.25, -0.2) is 4.98 Å². The normalized spacial score (nSPS) is 16.8. The second kappa shape index (κ2) is 10.7. The van der Waals surface area contributed by atoms with Crippen LogP contribution in [0.25, 0.3) is 22.1 Å². The van der Waals surface area contributed by atoms with Crippen LogP contribution < -0.4 is 0 Å². The van der Waals surface area contributed by atoms with E-state index in [-0.39, 0.29) is 17.8 Å². The number of nitrogens with zero attached hydrogens (tertiary/aromatic N) is 5. The number of para-hydroxylation sites is 1. The highest BCUT2D eigenvalue weighted by Crippen LogP contribution is 2.30. The van der Waals surface area contributed by atoms with Gasteiger partial charge in [-0.05, 0) is 38.3 Å². The van der Waals surface area contributed by atoms with Crippen LogP contribution in [0.3, 0.4) is 0 Å². The summed E-state index contributed by atoms with van der Waals surface area (Å²) in [6.07, 6.45) is 1.54. The number of aromatic nitrogens is 4. The van der Waals surface area contributed by atoms with Gasteiger partial charge in [-0.1, -0.05) is 60.3 Å². The lowest BCUT2D eigenvalue weighted by Gasteiger charge is -2.33. The summed E-state index contributed by atoms with van der Waals surface area (Å²) in [6, 6.07) is 18.3. The topological polar surface area (TPSA) is 90.2 Å². The summed E-state index contributed by atoms with van der Waals surface area (Å²) < 4.78 is 7.33. The molecule has 2 atom stereocenters. The van der Waals surface area contributed by atoms with Crippen molar-refractivity contribution in [2.45, 2.75) is 43.6 Å². The Morgan fingerprint density at radius 1 is 1.11 bits per heavy atom. The first-order valence-corrected chi connectivity index (χ1v) is 13.2. The van der Waals surface area contributed by atoms with Gasteiger partial charge in [-0.15, -0.1) is 10.2 Å². The molecule has 5 rings (SSSR count). The van der Waals surface area contributed by atoms with Crippen molar-refractivity contribution >= 4 is 45.7 Å². The van der Waals surface area contributed by atoms with Gasteiger partial charge in [0.05, 0.1) is 23.3 Å². The van der Waals surface area contributed by atoms with Crippen LogP contribution in [-0.4, -0.2) is 61.5 Å². The Morgan fingerprint density at radius 3 is 2.69 bits per heavy atom. The molecular weight excluding hydrogens is 474 g/mol. The van der Waals surface area contributed by atoms with E-state index in [9.17, 15) is 9.59 Å². The molecule has 2 aromatic heterocycles. The van der Waals surface area contributed by atoms with Crippen molar-refractivity contribution in [2.24, 2.45) is 5.92 Å². The third-order valence-electron chi connectivity index (χ3n) is 6.52. The standard InChI is InChI=1S/C27H29N5O3S/c1-3-35-26(34)20-12-9-15-31(17-20)25(33)18(2)36-27-28-24-23(29-30-27)21-13-7-8-14-22(21)32(24)16-19-10-5-4-6-11-19/h4-8,10-11,13-14,18,20H,3,9,12,15-17H2,1-2H3. The Kier molecular flexibility index (Phi) is 7.18. The fourth-order valence-corrected chi connectivity index (χ4v) is 5.55. The molecule has 1 saturated heterocycles. The minimum atomic E-state index is -0.405. The highest BCUT2D eigenvalue weighted by atomic mass is 32.2. The van der Waals surface area contributed by atoms with Gasteiger partial charge >= 0.3 is 5.97 Å². The summed E-state index contributed by atoms with van der Waals surface area (Å²) in [5.74, 6) is -0.509. The number of likely N-dealkylation sites (tertiary alicyclic amines) is 1. The van der Waals surface area contributed by atoms with Crippen LogP contribution in [0.4, 0.5) is 0 Å². The number of carbonyl (C=O) groups is 2. The molecule has 1 amide bonds. The van der Waals surface area contributed by atoms with Crippen molar-refractivity contribution < 1.29 is 14.3 Å². The van der Waals surface area contributed by atoms with E-state index in [4.69, 9.17) is 9.72 Å². The zero-order chi connectivity index (χ0) is 25.1. The molecule has 1 aliphatic rings. The summed E-state index contributed by atoms with van der Waals surface area (Å²) in [5, 5.41) is 9.92. The predicted molar refractivity (Wildman–Crippen MR) is 140 cm³/mol. The Bertz CT molecular complexity index is 1390. The first-order valence-electron chi connectivity index (χ1n) is 12.3. The summed E-state index contributed by atoms with van der Waals surface area (Å²) in [6.45, 7) is 5.70. The molecule has 186 valence electrons. The lowest BCUT2D eigenvalue weighted by molar-refractivity contribution is -0.151. The minimum Gasteiger partial charge on any atom is -0.466 e. The van der Waals surface area contributed by atoms with E-state index in [0.29, 0.717) is 31.4 Å². The predicted octanol–water partition coefficient (Wildman–Crippen LogP) is 4.31. The van der Waals surface area contributed by atoms with Gasteiger partial charge in [0.25, 0.3) is 0 Å². The van der Waals surface area contributed by atoms with E-state index in [0.717, 1.165) is 40.5 Å². The summed E-state index contributed by atoms with van der Waals surface area (Å²) in [7, 11) is 0. The number of hydrogen-bond acceptors (Lipinski definition) is 7. The second-order valence-corrected chi connectivity index (χ2v) is 10.3. The van der Waals surface area contributed by atoms with Crippen LogP contribution in [0.2, 0.25) is 0 Å². The molecule has 8 nitrogen and oxygen atoms in total. The number of ether oxygens (including phenoxy) is 1. The van der Waals surface area contributed by atoms with E-state index in [1.807, 2.05) is 43.3 Å². The minimum absolute atomic E-state index is 0.0254. The van der Waals surface area contributed by atoms with Gasteiger partial charge in [-0.3, -0.25) is 9.59 Å². The van der Waals surface area contributed by atoms with E-state index in [2.05, 4.69) is 33.0 Å². The van der Waals surface area contributed by atoms with Gasteiger partial charge in [0.15, 0.2) is 5.65 Å². The van der Waals surface area contributed by atoms with Crippen molar-refractivity contribution in [3.05, 3.63) is 60.2 Å². The molecule has 1 aliphatic heterocycles. The molecule has 0 N–H and O–H groups in total. The maximum atomic E-state index is 13.2. The molecule has 9 heteroatoms. The number of carbonyl (C=O) groups excluding carboxylic acids is 2. The van der Waals surface area contributed by atoms with E-state index in [1.54, 1.807) is 11.8 Å². The molecule has 3 heterocycles. The van der Waals surface area contributed by atoms with Crippen LogP contribution in [0.1, 0.15) is 32.3 Å². The largest absolute Gasteiger partial charge is 0.466 e. The molecule has 2 aromatic carbocycles. The second-order valence-electron chi connectivity index (χ2n) is 8.99. The highest BCUT2D eigenvalue weighted by molar-refractivity contribution is 8.00. The molecule has 0 spiro atoms. The zero-order valence-electron chi connectivity index (χ0n) is 20.5. The van der Waals surface area contributed by atoms with Gasteiger partial charge in [0.2, 0.25) is 11.1 Å². The molecule has 36 heavy (non-hydrogen) atoms. The van der Waals surface area contributed by atoms with Gasteiger partial charge in [0, 0.05) is 25.0 Å². The number of thioether (sulfide) groups is 1. The zero-order valence-corrected chi connectivity index (χ0v) is 21.3. The molecule has 0 aliphatic carbocycles. The molecule has 2 unspecified atom stereocenters. The maximum Gasteiger partial charge on any atom is 0.310 e. The number of rotatable bonds is 7. The van der Waals surface area contributed by atoms with Crippen LogP contribution in [0, 0.1) is 5.92 Å². The molecule has 0 radical (unpaired) electrons. The van der Waals surface area contributed by atoms with Crippen molar-refractivity contribution in [1.29, 1.82) is 0 Å². The average molecular weight is 504 g/mol. The highest BCUT2D eigenvalue weighted by Gasteiger charge is 2.32. The smallest absolute Gasteiger partial charge is 0.310 e. The van der Waals surface area contributed by atoms with Gasteiger partial charge in [0.1, 0.15) is 5.52 Å². The van der Waals surface area contributed by atoms with Crippen LogP contribution in [0.15, 0.2) is 59.8 Å². The summed E-state index contributed by atoms with van der Waals surface area (Å²) >= 11 is 1.30. The average Bonchev–Trinajstić information content (AvgIpc) is 3.22. The van der Waals surface area contributed by atoms with E-state index < -0.39 is 5.25 Å². The molecule has 1 fully saturated rings. The van der Waals surface area contributed by atoms with Crippen molar-refractivity contribution in [3.8, 4) is 0 Å². The Morgan fingerprint density at radius 2 is 1.89 bits per heavy atom. The van der Waals surface area contributed by atoms with Crippen molar-refractivity contribution in [3.63, 3.8) is 0 Å². The molecule has 0 bridgehead atoms. The number of esters is 1. The number of benzene rings is 2. The lowest BCUT2D eigenvalue weighted by atomic mass is 9.98. The fourth-order valence-electron chi connectivity index (χ4n) is 4.76. The summed E-state index contributed by atoms with van der Waals surface area (Å²) in [5.41, 5.74) is 3.70. The number of hydrogen-bond donors (Lipinski definition) is 0. The Labute approximate surface area is 214 Å². The van der Waals surface area contributed by atoms with Crippen LogP contribution in [-0.2, 0) is 20.9 Å². The monoisotopic (exact) mass is 503 g/mol. The van der Waals surface area contributed by atoms with Crippen LogP contribution in [0.5, 0.6) is 0 Å². The van der Waals surface area contributed by atoms with Crippen molar-refractivity contribution in [1.82, 2.24) is 24.6 Å². The number of piperidine rings is 1. The first kappa shape index (κ1) is 24.2. The number of fused-ring (bicyclic) bond motifs is 3. The third kappa shape index (κ3) is 4.93. The first-order chi connectivity index (χ1) is 17.5. The van der Waals surface area contributed by atoms with E-state index in [1.165, 1.54) is 11.8 Å². The van der Waals surface area contributed by atoms with Crippen LogP contribution >= 0.6 is 11.8 Å².